The number of fused-ring (bicyclic) bond motifs is 1. The summed E-state index contributed by atoms with van der Waals surface area (Å²) in [4.78, 5) is 13.4. The van der Waals surface area contributed by atoms with E-state index in [1.54, 1.807) is 0 Å². The fourth-order valence-corrected chi connectivity index (χ4v) is 3.40. The molecule has 0 radical (unpaired) electrons. The standard InChI is InChI=1S/C22H19ClN4/c1-14-7-6-10-17-12-18(13-24-19-11-15(2)25-22(23)26-19)21(27-20(14)17)16-8-4-3-5-9-16/h3-12H,13H2,1-2H3,(H,24,25,26). The van der Waals surface area contributed by atoms with Crippen molar-refractivity contribution in [2.75, 3.05) is 5.32 Å². The second kappa shape index (κ2) is 7.33. The molecule has 2 aromatic carbocycles. The van der Waals surface area contributed by atoms with Gasteiger partial charge in [-0.1, -0.05) is 48.5 Å². The summed E-state index contributed by atoms with van der Waals surface area (Å²) in [6, 6.07) is 20.6. The van der Waals surface area contributed by atoms with Crippen molar-refractivity contribution in [3.63, 3.8) is 0 Å². The third kappa shape index (κ3) is 3.76. The zero-order chi connectivity index (χ0) is 18.8. The van der Waals surface area contributed by atoms with Crippen LogP contribution in [-0.4, -0.2) is 15.0 Å². The molecular weight excluding hydrogens is 356 g/mol. The molecule has 134 valence electrons. The average Bonchev–Trinajstić information content (AvgIpc) is 2.66. The normalized spacial score (nSPS) is 10.9. The maximum absolute atomic E-state index is 5.98. The molecule has 4 nitrogen and oxygen atoms in total. The third-order valence-corrected chi connectivity index (χ3v) is 4.63. The highest BCUT2D eigenvalue weighted by molar-refractivity contribution is 6.28. The Balaban J connectivity index is 1.78. The number of nitrogens with zero attached hydrogens (tertiary/aromatic N) is 3. The van der Waals surface area contributed by atoms with Gasteiger partial charge in [-0.15, -0.1) is 0 Å². The molecule has 0 aliphatic rings. The Labute approximate surface area is 163 Å². The minimum atomic E-state index is 0.244. The van der Waals surface area contributed by atoms with Crippen LogP contribution in [0.5, 0.6) is 0 Å². The lowest BCUT2D eigenvalue weighted by molar-refractivity contribution is 1.05. The summed E-state index contributed by atoms with van der Waals surface area (Å²) in [5, 5.41) is 4.73. The Kier molecular flexibility index (Phi) is 4.73. The van der Waals surface area contributed by atoms with Gasteiger partial charge in [-0.2, -0.15) is 0 Å². The quantitative estimate of drug-likeness (QED) is 0.474. The Morgan fingerprint density at radius 2 is 1.70 bits per heavy atom. The van der Waals surface area contributed by atoms with Gasteiger partial charge in [0.05, 0.1) is 11.2 Å². The number of halogens is 1. The lowest BCUT2D eigenvalue weighted by atomic mass is 10.0. The molecule has 0 aliphatic heterocycles. The molecule has 0 atom stereocenters. The number of benzene rings is 2. The predicted molar refractivity (Wildman–Crippen MR) is 111 cm³/mol. The van der Waals surface area contributed by atoms with E-state index in [-0.39, 0.29) is 5.28 Å². The molecule has 4 rings (SSSR count). The van der Waals surface area contributed by atoms with Crippen LogP contribution in [0.1, 0.15) is 16.8 Å². The number of para-hydroxylation sites is 1. The van der Waals surface area contributed by atoms with Crippen molar-refractivity contribution in [1.82, 2.24) is 15.0 Å². The number of aromatic nitrogens is 3. The first-order valence-corrected chi connectivity index (χ1v) is 9.18. The highest BCUT2D eigenvalue weighted by atomic mass is 35.5. The van der Waals surface area contributed by atoms with Gasteiger partial charge in [-0.3, -0.25) is 0 Å². The predicted octanol–water partition coefficient (Wildman–Crippen LogP) is 5.57. The SMILES string of the molecule is Cc1cc(NCc2cc3cccc(C)c3nc2-c2ccccc2)nc(Cl)n1. The van der Waals surface area contributed by atoms with Crippen molar-refractivity contribution in [3.05, 3.63) is 82.8 Å². The Morgan fingerprint density at radius 1 is 0.889 bits per heavy atom. The topological polar surface area (TPSA) is 50.7 Å². The summed E-state index contributed by atoms with van der Waals surface area (Å²) in [5.74, 6) is 0.704. The molecule has 0 saturated heterocycles. The van der Waals surface area contributed by atoms with Gasteiger partial charge in [0.2, 0.25) is 5.28 Å². The largest absolute Gasteiger partial charge is 0.366 e. The Hall–Kier alpha value is -2.98. The first kappa shape index (κ1) is 17.4. The molecule has 4 aromatic rings. The summed E-state index contributed by atoms with van der Waals surface area (Å²) < 4.78 is 0. The number of aryl methyl sites for hydroxylation is 2. The van der Waals surface area contributed by atoms with E-state index in [1.807, 2.05) is 31.2 Å². The number of hydrogen-bond acceptors (Lipinski definition) is 4. The van der Waals surface area contributed by atoms with Gasteiger partial charge in [0, 0.05) is 29.3 Å². The van der Waals surface area contributed by atoms with Crippen molar-refractivity contribution in [3.8, 4) is 11.3 Å². The second-order valence-electron chi connectivity index (χ2n) is 6.53. The lowest BCUT2D eigenvalue weighted by Gasteiger charge is -2.14. The van der Waals surface area contributed by atoms with Crippen LogP contribution in [0.4, 0.5) is 5.82 Å². The Morgan fingerprint density at radius 3 is 2.48 bits per heavy atom. The number of nitrogens with one attached hydrogen (secondary N) is 1. The van der Waals surface area contributed by atoms with E-state index in [4.69, 9.17) is 16.6 Å². The molecule has 2 aromatic heterocycles. The molecule has 0 spiro atoms. The molecular formula is C22H19ClN4. The average molecular weight is 375 g/mol. The fourth-order valence-electron chi connectivity index (χ4n) is 3.18. The van der Waals surface area contributed by atoms with Crippen LogP contribution < -0.4 is 5.32 Å². The summed E-state index contributed by atoms with van der Waals surface area (Å²) in [5.41, 5.74) is 6.20. The summed E-state index contributed by atoms with van der Waals surface area (Å²) in [7, 11) is 0. The smallest absolute Gasteiger partial charge is 0.224 e. The van der Waals surface area contributed by atoms with E-state index >= 15 is 0 Å². The van der Waals surface area contributed by atoms with Gasteiger partial charge in [0.1, 0.15) is 5.82 Å². The highest BCUT2D eigenvalue weighted by Gasteiger charge is 2.11. The van der Waals surface area contributed by atoms with Crippen molar-refractivity contribution in [2.45, 2.75) is 20.4 Å². The minimum absolute atomic E-state index is 0.244. The molecule has 0 fully saturated rings. The van der Waals surface area contributed by atoms with Gasteiger partial charge in [0.15, 0.2) is 0 Å². The first-order chi connectivity index (χ1) is 13.1. The molecule has 5 heteroatoms. The van der Waals surface area contributed by atoms with Gasteiger partial charge >= 0.3 is 0 Å². The molecule has 0 aliphatic carbocycles. The number of pyridine rings is 1. The maximum Gasteiger partial charge on any atom is 0.224 e. The number of hydrogen-bond donors (Lipinski definition) is 1. The van der Waals surface area contributed by atoms with Crippen LogP contribution in [0, 0.1) is 13.8 Å². The highest BCUT2D eigenvalue weighted by Crippen LogP contribution is 2.28. The first-order valence-electron chi connectivity index (χ1n) is 8.80. The van der Waals surface area contributed by atoms with Gasteiger partial charge in [-0.05, 0) is 42.6 Å². The van der Waals surface area contributed by atoms with Gasteiger partial charge < -0.3 is 5.32 Å². The van der Waals surface area contributed by atoms with Crippen molar-refractivity contribution < 1.29 is 0 Å². The maximum atomic E-state index is 5.98. The van der Waals surface area contributed by atoms with Crippen molar-refractivity contribution in [2.24, 2.45) is 0 Å². The van der Waals surface area contributed by atoms with Crippen LogP contribution in [0.3, 0.4) is 0 Å². The number of rotatable bonds is 4. The summed E-state index contributed by atoms with van der Waals surface area (Å²) in [6.45, 7) is 4.58. The molecule has 0 amide bonds. The van der Waals surface area contributed by atoms with Crippen molar-refractivity contribution in [1.29, 1.82) is 0 Å². The summed E-state index contributed by atoms with van der Waals surface area (Å²) in [6.07, 6.45) is 0. The van der Waals surface area contributed by atoms with Crippen LogP contribution >= 0.6 is 11.6 Å². The molecule has 0 unspecified atom stereocenters. The number of anilines is 1. The van der Waals surface area contributed by atoms with Crippen LogP contribution in [0.2, 0.25) is 5.28 Å². The summed E-state index contributed by atoms with van der Waals surface area (Å²) >= 11 is 5.98. The van der Waals surface area contributed by atoms with E-state index in [2.05, 4.69) is 58.6 Å². The molecule has 1 N–H and O–H groups in total. The molecule has 27 heavy (non-hydrogen) atoms. The van der Waals surface area contributed by atoms with Crippen LogP contribution in [0.25, 0.3) is 22.2 Å². The van der Waals surface area contributed by atoms with E-state index in [1.165, 1.54) is 5.56 Å². The molecule has 0 bridgehead atoms. The molecule has 2 heterocycles. The van der Waals surface area contributed by atoms with Gasteiger partial charge in [0.25, 0.3) is 0 Å². The van der Waals surface area contributed by atoms with E-state index in [9.17, 15) is 0 Å². The molecule has 0 saturated carbocycles. The fraction of sp³-hybridized carbons (Fsp3) is 0.136. The zero-order valence-electron chi connectivity index (χ0n) is 15.2. The minimum Gasteiger partial charge on any atom is -0.366 e. The second-order valence-corrected chi connectivity index (χ2v) is 6.86. The Bertz CT molecular complexity index is 1090. The monoisotopic (exact) mass is 374 g/mol. The van der Waals surface area contributed by atoms with E-state index in [0.717, 1.165) is 33.4 Å². The van der Waals surface area contributed by atoms with Crippen LogP contribution in [0.15, 0.2) is 60.7 Å². The van der Waals surface area contributed by atoms with Crippen LogP contribution in [-0.2, 0) is 6.54 Å². The van der Waals surface area contributed by atoms with Crippen molar-refractivity contribution >= 4 is 28.3 Å². The van der Waals surface area contributed by atoms with E-state index in [0.29, 0.717) is 12.4 Å². The van der Waals surface area contributed by atoms with Gasteiger partial charge in [-0.25, -0.2) is 15.0 Å². The van der Waals surface area contributed by atoms with E-state index < -0.39 is 0 Å². The zero-order valence-corrected chi connectivity index (χ0v) is 16.0. The lowest BCUT2D eigenvalue weighted by Crippen LogP contribution is -2.05. The third-order valence-electron chi connectivity index (χ3n) is 4.46.